The van der Waals surface area contributed by atoms with E-state index in [0.717, 1.165) is 12.5 Å². The second-order valence-electron chi connectivity index (χ2n) is 3.35. The number of hydrogen-bond donors (Lipinski definition) is 1. The Morgan fingerprint density at radius 2 is 2.08 bits per heavy atom. The molecule has 0 aromatic rings. The first-order valence-corrected chi connectivity index (χ1v) is 4.83. The SMILES string of the molecule is C=CCOCCC1CCNCC1.Cl. The van der Waals surface area contributed by atoms with E-state index in [1.54, 1.807) is 0 Å². The lowest BCUT2D eigenvalue weighted by atomic mass is 9.95. The highest BCUT2D eigenvalue weighted by Gasteiger charge is 2.11. The van der Waals surface area contributed by atoms with Crippen molar-refractivity contribution in [3.8, 4) is 0 Å². The van der Waals surface area contributed by atoms with Gasteiger partial charge in [0.15, 0.2) is 0 Å². The number of hydrogen-bond acceptors (Lipinski definition) is 2. The summed E-state index contributed by atoms with van der Waals surface area (Å²) in [5, 5.41) is 3.36. The zero-order chi connectivity index (χ0) is 8.65. The summed E-state index contributed by atoms with van der Waals surface area (Å²) in [6, 6.07) is 0. The first-order chi connectivity index (χ1) is 5.93. The molecule has 78 valence electrons. The number of ether oxygens (including phenoxy) is 1. The summed E-state index contributed by atoms with van der Waals surface area (Å²) in [5.41, 5.74) is 0. The van der Waals surface area contributed by atoms with Crippen molar-refractivity contribution in [2.45, 2.75) is 19.3 Å². The molecule has 0 radical (unpaired) electrons. The van der Waals surface area contributed by atoms with Gasteiger partial charge >= 0.3 is 0 Å². The van der Waals surface area contributed by atoms with E-state index in [4.69, 9.17) is 4.74 Å². The summed E-state index contributed by atoms with van der Waals surface area (Å²) in [4.78, 5) is 0. The molecule has 0 amide bonds. The molecule has 0 aromatic heterocycles. The van der Waals surface area contributed by atoms with E-state index in [0.29, 0.717) is 6.61 Å². The smallest absolute Gasteiger partial charge is 0.0644 e. The summed E-state index contributed by atoms with van der Waals surface area (Å²) in [6.45, 7) is 7.58. The third-order valence-electron chi connectivity index (χ3n) is 2.36. The standard InChI is InChI=1S/C10H19NO.ClH/c1-2-8-12-9-5-10-3-6-11-7-4-10;/h2,10-11H,1,3-9H2;1H. The van der Waals surface area contributed by atoms with Gasteiger partial charge in [-0.15, -0.1) is 19.0 Å². The first kappa shape index (κ1) is 12.9. The van der Waals surface area contributed by atoms with E-state index < -0.39 is 0 Å². The lowest BCUT2D eigenvalue weighted by Gasteiger charge is -2.22. The molecule has 0 aromatic carbocycles. The van der Waals surface area contributed by atoms with E-state index in [1.807, 2.05) is 6.08 Å². The maximum atomic E-state index is 5.35. The van der Waals surface area contributed by atoms with E-state index >= 15 is 0 Å². The van der Waals surface area contributed by atoms with Crippen LogP contribution in [-0.2, 0) is 4.74 Å². The average molecular weight is 206 g/mol. The molecule has 1 N–H and O–H groups in total. The van der Waals surface area contributed by atoms with Gasteiger partial charge in [0.05, 0.1) is 6.61 Å². The minimum atomic E-state index is 0. The molecule has 0 spiro atoms. The Morgan fingerprint density at radius 3 is 2.69 bits per heavy atom. The van der Waals surface area contributed by atoms with Crippen LogP contribution in [0.2, 0.25) is 0 Å². The molecule has 0 aliphatic carbocycles. The minimum absolute atomic E-state index is 0. The van der Waals surface area contributed by atoms with Crippen LogP contribution in [0.3, 0.4) is 0 Å². The van der Waals surface area contributed by atoms with Gasteiger partial charge in [0.2, 0.25) is 0 Å². The molecule has 2 nitrogen and oxygen atoms in total. The Kier molecular flexibility index (Phi) is 8.51. The maximum Gasteiger partial charge on any atom is 0.0644 e. The number of nitrogens with one attached hydrogen (secondary N) is 1. The van der Waals surface area contributed by atoms with Crippen molar-refractivity contribution in [3.05, 3.63) is 12.7 Å². The van der Waals surface area contributed by atoms with E-state index in [-0.39, 0.29) is 12.4 Å². The Morgan fingerprint density at radius 1 is 1.38 bits per heavy atom. The highest BCUT2D eigenvalue weighted by molar-refractivity contribution is 5.85. The van der Waals surface area contributed by atoms with Gasteiger partial charge in [-0.1, -0.05) is 6.08 Å². The quantitative estimate of drug-likeness (QED) is 0.548. The van der Waals surface area contributed by atoms with Crippen molar-refractivity contribution in [1.82, 2.24) is 5.32 Å². The molecule has 0 atom stereocenters. The van der Waals surface area contributed by atoms with Gasteiger partial charge in [-0.3, -0.25) is 0 Å². The molecule has 1 fully saturated rings. The fraction of sp³-hybridized carbons (Fsp3) is 0.800. The van der Waals surface area contributed by atoms with Crippen LogP contribution in [0, 0.1) is 5.92 Å². The van der Waals surface area contributed by atoms with Crippen molar-refractivity contribution >= 4 is 12.4 Å². The first-order valence-electron chi connectivity index (χ1n) is 4.83. The molecule has 1 saturated heterocycles. The molecule has 0 saturated carbocycles. The number of rotatable bonds is 5. The Labute approximate surface area is 87.1 Å². The van der Waals surface area contributed by atoms with Gasteiger partial charge < -0.3 is 10.1 Å². The van der Waals surface area contributed by atoms with Crippen LogP contribution in [0.1, 0.15) is 19.3 Å². The zero-order valence-electron chi connectivity index (χ0n) is 8.13. The monoisotopic (exact) mass is 205 g/mol. The van der Waals surface area contributed by atoms with Crippen LogP contribution < -0.4 is 5.32 Å². The summed E-state index contributed by atoms with van der Waals surface area (Å²) in [7, 11) is 0. The van der Waals surface area contributed by atoms with E-state index in [2.05, 4.69) is 11.9 Å². The van der Waals surface area contributed by atoms with Gasteiger partial charge in [0.25, 0.3) is 0 Å². The maximum absolute atomic E-state index is 5.35. The van der Waals surface area contributed by atoms with Crippen LogP contribution >= 0.6 is 12.4 Å². The normalized spacial score (nSPS) is 17.8. The van der Waals surface area contributed by atoms with Crippen molar-refractivity contribution in [2.75, 3.05) is 26.3 Å². The largest absolute Gasteiger partial charge is 0.377 e. The summed E-state index contributed by atoms with van der Waals surface area (Å²) >= 11 is 0. The van der Waals surface area contributed by atoms with Gasteiger partial charge in [-0.25, -0.2) is 0 Å². The Hall–Kier alpha value is -0.0500. The molecule has 1 rings (SSSR count). The highest BCUT2D eigenvalue weighted by Crippen LogP contribution is 2.15. The minimum Gasteiger partial charge on any atom is -0.377 e. The summed E-state index contributed by atoms with van der Waals surface area (Å²) in [6.07, 6.45) is 5.66. The van der Waals surface area contributed by atoms with Crippen LogP contribution in [-0.4, -0.2) is 26.3 Å². The Bertz CT molecular complexity index is 124. The lowest BCUT2D eigenvalue weighted by molar-refractivity contribution is 0.139. The second kappa shape index (κ2) is 8.54. The third-order valence-corrected chi connectivity index (χ3v) is 2.36. The number of piperidine rings is 1. The molecule has 3 heteroatoms. The Balaban J connectivity index is 0.00000144. The van der Waals surface area contributed by atoms with E-state index in [9.17, 15) is 0 Å². The predicted molar refractivity (Wildman–Crippen MR) is 58.5 cm³/mol. The van der Waals surface area contributed by atoms with Gasteiger partial charge in [-0.05, 0) is 38.3 Å². The van der Waals surface area contributed by atoms with Crippen LogP contribution in [0.15, 0.2) is 12.7 Å². The molecule has 13 heavy (non-hydrogen) atoms. The predicted octanol–water partition coefficient (Wildman–Crippen LogP) is 2.00. The van der Waals surface area contributed by atoms with Crippen molar-refractivity contribution in [3.63, 3.8) is 0 Å². The molecular weight excluding hydrogens is 186 g/mol. The van der Waals surface area contributed by atoms with Crippen molar-refractivity contribution in [1.29, 1.82) is 0 Å². The molecular formula is C10H20ClNO. The van der Waals surface area contributed by atoms with Gasteiger partial charge in [0.1, 0.15) is 0 Å². The van der Waals surface area contributed by atoms with Gasteiger partial charge in [0, 0.05) is 6.61 Å². The number of halogens is 1. The third kappa shape index (κ3) is 6.08. The highest BCUT2D eigenvalue weighted by atomic mass is 35.5. The zero-order valence-corrected chi connectivity index (χ0v) is 8.94. The summed E-state index contributed by atoms with van der Waals surface area (Å²) in [5.74, 6) is 0.885. The van der Waals surface area contributed by atoms with Crippen molar-refractivity contribution < 1.29 is 4.74 Å². The second-order valence-corrected chi connectivity index (χ2v) is 3.35. The fourth-order valence-corrected chi connectivity index (χ4v) is 1.59. The fourth-order valence-electron chi connectivity index (χ4n) is 1.59. The molecule has 1 aliphatic rings. The van der Waals surface area contributed by atoms with Crippen molar-refractivity contribution in [2.24, 2.45) is 5.92 Å². The topological polar surface area (TPSA) is 21.3 Å². The van der Waals surface area contributed by atoms with Crippen LogP contribution in [0.25, 0.3) is 0 Å². The molecule has 0 bridgehead atoms. The van der Waals surface area contributed by atoms with Crippen LogP contribution in [0.4, 0.5) is 0 Å². The average Bonchev–Trinajstić information content (AvgIpc) is 2.14. The van der Waals surface area contributed by atoms with Gasteiger partial charge in [-0.2, -0.15) is 0 Å². The van der Waals surface area contributed by atoms with Crippen LogP contribution in [0.5, 0.6) is 0 Å². The lowest BCUT2D eigenvalue weighted by Crippen LogP contribution is -2.28. The summed E-state index contributed by atoms with van der Waals surface area (Å²) < 4.78 is 5.35. The molecule has 1 heterocycles. The van der Waals surface area contributed by atoms with E-state index in [1.165, 1.54) is 32.4 Å². The molecule has 0 unspecified atom stereocenters. The molecule has 1 aliphatic heterocycles.